The molecular weight excluding hydrogens is 543 g/mol. The van der Waals surface area contributed by atoms with Crippen molar-refractivity contribution in [2.24, 2.45) is 0 Å². The van der Waals surface area contributed by atoms with E-state index in [0.717, 1.165) is 16.7 Å². The minimum atomic E-state index is -0.0151. The summed E-state index contributed by atoms with van der Waals surface area (Å²) in [5, 5.41) is 2.58. The molecule has 3 nitrogen and oxygen atoms in total. The smallest absolute Gasteiger partial charge is 0.164 e. The molecule has 5 aromatic carbocycles. The van der Waals surface area contributed by atoms with E-state index in [9.17, 15) is 0 Å². The zero-order valence-corrected chi connectivity index (χ0v) is 25.5. The van der Waals surface area contributed by atoms with Gasteiger partial charge in [-0.2, -0.15) is 0 Å². The Balaban J connectivity index is 1.34. The first kappa shape index (κ1) is 26.0. The Kier molecular flexibility index (Phi) is 5.69. The molecule has 0 radical (unpaired) electrons. The van der Waals surface area contributed by atoms with E-state index in [0.29, 0.717) is 17.5 Å². The van der Waals surface area contributed by atoms with E-state index in [1.54, 1.807) is 0 Å². The summed E-state index contributed by atoms with van der Waals surface area (Å²) in [5.74, 6) is 2.04. The summed E-state index contributed by atoms with van der Waals surface area (Å²) < 4.78 is 2.59. The third-order valence-corrected chi connectivity index (χ3v) is 10.9. The Labute approximate surface area is 256 Å². The van der Waals surface area contributed by atoms with Gasteiger partial charge < -0.3 is 0 Å². The van der Waals surface area contributed by atoms with Gasteiger partial charge in [0, 0.05) is 42.4 Å². The second-order valence-electron chi connectivity index (χ2n) is 12.5. The molecule has 8 rings (SSSR count). The Bertz CT molecular complexity index is 2120. The molecular formula is C39H31N3S. The summed E-state index contributed by atoms with van der Waals surface area (Å²) in [5.41, 5.74) is 8.53. The van der Waals surface area contributed by atoms with Gasteiger partial charge in [-0.25, -0.2) is 15.0 Å². The third kappa shape index (κ3) is 3.90. The van der Waals surface area contributed by atoms with Crippen molar-refractivity contribution in [2.75, 3.05) is 0 Å². The number of fused-ring (bicyclic) bond motifs is 7. The van der Waals surface area contributed by atoms with Gasteiger partial charge in [-0.1, -0.05) is 137 Å². The fourth-order valence-electron chi connectivity index (χ4n) is 6.62. The summed E-state index contributed by atoms with van der Waals surface area (Å²) >= 11 is 1.88. The summed E-state index contributed by atoms with van der Waals surface area (Å²) in [6.45, 7) is 9.57. The lowest BCUT2D eigenvalue weighted by Gasteiger charge is -2.48. The van der Waals surface area contributed by atoms with Crippen molar-refractivity contribution in [3.8, 4) is 45.3 Å². The normalized spacial score (nSPS) is 14.9. The van der Waals surface area contributed by atoms with Crippen LogP contribution in [0.25, 0.3) is 65.5 Å². The lowest BCUT2D eigenvalue weighted by Crippen LogP contribution is -2.43. The monoisotopic (exact) mass is 573 g/mol. The number of benzene rings is 5. The molecule has 1 aliphatic carbocycles. The molecule has 43 heavy (non-hydrogen) atoms. The highest BCUT2D eigenvalue weighted by Crippen LogP contribution is 2.56. The van der Waals surface area contributed by atoms with Crippen molar-refractivity contribution in [1.29, 1.82) is 0 Å². The van der Waals surface area contributed by atoms with Crippen LogP contribution < -0.4 is 0 Å². The summed E-state index contributed by atoms with van der Waals surface area (Å²) in [6.07, 6.45) is 0. The van der Waals surface area contributed by atoms with Gasteiger partial charge in [-0.05, 0) is 33.6 Å². The average Bonchev–Trinajstić information content (AvgIpc) is 3.42. The van der Waals surface area contributed by atoms with Crippen LogP contribution in [0.3, 0.4) is 0 Å². The molecule has 2 heterocycles. The fourth-order valence-corrected chi connectivity index (χ4v) is 7.93. The van der Waals surface area contributed by atoms with Crippen LogP contribution >= 0.6 is 11.3 Å². The van der Waals surface area contributed by atoms with Gasteiger partial charge in [0.2, 0.25) is 0 Å². The van der Waals surface area contributed by atoms with Crippen LogP contribution in [0.1, 0.15) is 38.8 Å². The van der Waals surface area contributed by atoms with E-state index >= 15 is 0 Å². The maximum absolute atomic E-state index is 4.98. The summed E-state index contributed by atoms with van der Waals surface area (Å²) in [6, 6.07) is 40.7. The highest BCUT2D eigenvalue weighted by Gasteiger charge is 2.46. The van der Waals surface area contributed by atoms with Crippen LogP contribution in [0.4, 0.5) is 0 Å². The molecule has 0 saturated heterocycles. The van der Waals surface area contributed by atoms with Crippen LogP contribution in [-0.2, 0) is 10.8 Å². The molecule has 4 heteroatoms. The third-order valence-electron chi connectivity index (χ3n) is 9.70. The molecule has 0 unspecified atom stereocenters. The predicted octanol–water partition coefficient (Wildman–Crippen LogP) is 10.5. The molecule has 0 aliphatic heterocycles. The molecule has 0 spiro atoms. The van der Waals surface area contributed by atoms with Gasteiger partial charge in [0.25, 0.3) is 0 Å². The van der Waals surface area contributed by atoms with E-state index < -0.39 is 0 Å². The maximum atomic E-state index is 4.98. The van der Waals surface area contributed by atoms with E-state index in [-0.39, 0.29) is 10.8 Å². The Morgan fingerprint density at radius 3 is 1.67 bits per heavy atom. The van der Waals surface area contributed by atoms with Crippen LogP contribution in [0.5, 0.6) is 0 Å². The molecule has 1 aliphatic rings. The van der Waals surface area contributed by atoms with Crippen molar-refractivity contribution in [3.63, 3.8) is 0 Å². The zero-order chi connectivity index (χ0) is 29.3. The van der Waals surface area contributed by atoms with Crippen molar-refractivity contribution in [1.82, 2.24) is 15.0 Å². The van der Waals surface area contributed by atoms with Gasteiger partial charge in [0.05, 0.1) is 0 Å². The van der Waals surface area contributed by atoms with Crippen LogP contribution in [-0.4, -0.2) is 15.0 Å². The first-order valence-electron chi connectivity index (χ1n) is 14.8. The minimum Gasteiger partial charge on any atom is -0.208 e. The number of thiophene rings is 1. The van der Waals surface area contributed by atoms with Crippen molar-refractivity contribution in [3.05, 3.63) is 126 Å². The summed E-state index contributed by atoms with van der Waals surface area (Å²) in [7, 11) is 0. The topological polar surface area (TPSA) is 38.7 Å². The fraction of sp³-hybridized carbons (Fsp3) is 0.154. The van der Waals surface area contributed by atoms with Gasteiger partial charge >= 0.3 is 0 Å². The Hall–Kier alpha value is -4.67. The highest BCUT2D eigenvalue weighted by atomic mass is 32.1. The van der Waals surface area contributed by atoms with Gasteiger partial charge in [0.15, 0.2) is 17.5 Å². The number of aromatic nitrogens is 3. The van der Waals surface area contributed by atoms with Crippen molar-refractivity contribution < 1.29 is 0 Å². The maximum Gasteiger partial charge on any atom is 0.164 e. The molecule has 2 aromatic heterocycles. The second kappa shape index (κ2) is 9.42. The molecule has 0 amide bonds. The number of hydrogen-bond donors (Lipinski definition) is 0. The van der Waals surface area contributed by atoms with Crippen molar-refractivity contribution >= 4 is 31.5 Å². The lowest BCUT2D eigenvalue weighted by atomic mass is 9.55. The molecule has 208 valence electrons. The Morgan fingerprint density at radius 1 is 0.488 bits per heavy atom. The quantitative estimate of drug-likeness (QED) is 0.211. The zero-order valence-electron chi connectivity index (χ0n) is 24.7. The number of hydrogen-bond acceptors (Lipinski definition) is 4. The molecule has 0 saturated carbocycles. The number of rotatable bonds is 3. The van der Waals surface area contributed by atoms with Gasteiger partial charge in [0.1, 0.15) is 0 Å². The first-order valence-corrected chi connectivity index (χ1v) is 15.6. The largest absolute Gasteiger partial charge is 0.208 e. The molecule has 0 fully saturated rings. The second-order valence-corrected chi connectivity index (χ2v) is 13.6. The minimum absolute atomic E-state index is 0.0136. The van der Waals surface area contributed by atoms with Gasteiger partial charge in [-0.15, -0.1) is 11.3 Å². The van der Waals surface area contributed by atoms with E-state index in [2.05, 4.69) is 82.3 Å². The average molecular weight is 574 g/mol. The van der Waals surface area contributed by atoms with Gasteiger partial charge in [-0.3, -0.25) is 0 Å². The molecule has 0 bridgehead atoms. The van der Waals surface area contributed by atoms with E-state index in [1.807, 2.05) is 72.0 Å². The lowest BCUT2D eigenvalue weighted by molar-refractivity contribution is 0.299. The molecule has 0 N–H and O–H groups in total. The first-order chi connectivity index (χ1) is 20.8. The standard InChI is InChI=1S/C39H31N3S/c1-38(2)30-18-12-11-17-29(30)33-31(39(38,3)4)22-21-28-27-20-19-26(23-32(27)43-34(28)33)37-41-35(24-13-7-5-8-14-24)40-36(42-37)25-15-9-6-10-16-25/h5-23H,1-4H3. The predicted molar refractivity (Wildman–Crippen MR) is 181 cm³/mol. The van der Waals surface area contributed by atoms with E-state index in [4.69, 9.17) is 15.0 Å². The van der Waals surface area contributed by atoms with Crippen molar-refractivity contribution in [2.45, 2.75) is 38.5 Å². The highest BCUT2D eigenvalue weighted by molar-refractivity contribution is 7.26. The molecule has 7 aromatic rings. The molecule has 0 atom stereocenters. The Morgan fingerprint density at radius 2 is 1.02 bits per heavy atom. The van der Waals surface area contributed by atoms with Crippen LogP contribution in [0.15, 0.2) is 115 Å². The van der Waals surface area contributed by atoms with Crippen LogP contribution in [0.2, 0.25) is 0 Å². The SMILES string of the molecule is CC1(C)c2ccccc2-c2c(ccc3c2sc2cc(-c4nc(-c5ccccc5)nc(-c5ccccc5)n4)ccc23)C1(C)C. The van der Waals surface area contributed by atoms with E-state index in [1.165, 1.54) is 42.4 Å². The summed E-state index contributed by atoms with van der Waals surface area (Å²) in [4.78, 5) is 14.8. The number of nitrogens with zero attached hydrogens (tertiary/aromatic N) is 3. The van der Waals surface area contributed by atoms with Crippen LogP contribution in [0, 0.1) is 0 Å².